The number of piperidine rings is 1. The predicted octanol–water partition coefficient (Wildman–Crippen LogP) is 2.20. The van der Waals surface area contributed by atoms with Crippen LogP contribution in [-0.2, 0) is 4.79 Å². The van der Waals surface area contributed by atoms with Gasteiger partial charge < -0.3 is 10.2 Å². The molecule has 0 atom stereocenters. The molecule has 1 aliphatic heterocycles. The number of benzene rings is 1. The third-order valence-corrected chi connectivity index (χ3v) is 4.51. The first-order valence-electron chi connectivity index (χ1n) is 7.96. The summed E-state index contributed by atoms with van der Waals surface area (Å²) in [5.41, 5.74) is 0.498. The van der Waals surface area contributed by atoms with Gasteiger partial charge in [-0.2, -0.15) is 0 Å². The third-order valence-electron chi connectivity index (χ3n) is 4.51. The second-order valence-electron chi connectivity index (χ2n) is 6.26. The molecule has 1 saturated heterocycles. The molecule has 1 N–H and O–H groups in total. The summed E-state index contributed by atoms with van der Waals surface area (Å²) in [6.07, 6.45) is 3.85. The van der Waals surface area contributed by atoms with Gasteiger partial charge >= 0.3 is 0 Å². The Labute approximate surface area is 129 Å². The van der Waals surface area contributed by atoms with Crippen molar-refractivity contribution >= 4 is 11.8 Å². The minimum Gasteiger partial charge on any atom is -0.356 e. The van der Waals surface area contributed by atoms with Crippen LogP contribution in [0.15, 0.2) is 24.3 Å². The summed E-state index contributed by atoms with van der Waals surface area (Å²) in [5.74, 6) is 0.389. The molecule has 0 aromatic heterocycles. The lowest BCUT2D eigenvalue weighted by Crippen LogP contribution is -2.43. The molecule has 0 radical (unpaired) electrons. The number of hydrogen-bond donors (Lipinski definition) is 1. The van der Waals surface area contributed by atoms with Crippen molar-refractivity contribution in [1.82, 2.24) is 10.2 Å². The zero-order valence-electron chi connectivity index (χ0n) is 12.6. The van der Waals surface area contributed by atoms with Gasteiger partial charge in [0.15, 0.2) is 0 Å². The number of likely N-dealkylation sites (tertiary alicyclic amines) is 1. The Kier molecular flexibility index (Phi) is 4.41. The van der Waals surface area contributed by atoms with E-state index in [-0.39, 0.29) is 23.5 Å². The first-order valence-corrected chi connectivity index (χ1v) is 7.96. The van der Waals surface area contributed by atoms with Crippen molar-refractivity contribution in [3.8, 4) is 0 Å². The van der Waals surface area contributed by atoms with Crippen molar-refractivity contribution in [1.29, 1.82) is 0 Å². The van der Waals surface area contributed by atoms with Crippen LogP contribution >= 0.6 is 0 Å². The van der Waals surface area contributed by atoms with Crippen molar-refractivity contribution < 1.29 is 14.0 Å². The highest BCUT2D eigenvalue weighted by Crippen LogP contribution is 2.28. The van der Waals surface area contributed by atoms with Gasteiger partial charge in [-0.25, -0.2) is 4.39 Å². The maximum absolute atomic E-state index is 12.9. The van der Waals surface area contributed by atoms with Gasteiger partial charge in [-0.05, 0) is 55.9 Å². The molecular formula is C17H21FN2O2. The van der Waals surface area contributed by atoms with Crippen molar-refractivity contribution in [2.24, 2.45) is 11.8 Å². The topological polar surface area (TPSA) is 49.4 Å². The van der Waals surface area contributed by atoms with Gasteiger partial charge in [0.25, 0.3) is 5.91 Å². The molecule has 5 heteroatoms. The van der Waals surface area contributed by atoms with Crippen LogP contribution in [0.2, 0.25) is 0 Å². The van der Waals surface area contributed by atoms with E-state index < -0.39 is 0 Å². The summed E-state index contributed by atoms with van der Waals surface area (Å²) in [5, 5.41) is 3.01. The van der Waals surface area contributed by atoms with Crippen LogP contribution in [-0.4, -0.2) is 36.3 Å². The molecule has 1 aromatic carbocycles. The Morgan fingerprint density at radius 3 is 2.32 bits per heavy atom. The Morgan fingerprint density at radius 1 is 1.09 bits per heavy atom. The summed E-state index contributed by atoms with van der Waals surface area (Å²) in [7, 11) is 0. The molecule has 0 bridgehead atoms. The number of halogens is 1. The lowest BCUT2D eigenvalue weighted by atomic mass is 9.95. The van der Waals surface area contributed by atoms with E-state index in [1.54, 1.807) is 4.90 Å². The maximum atomic E-state index is 12.9. The van der Waals surface area contributed by atoms with Crippen LogP contribution in [0.3, 0.4) is 0 Å². The van der Waals surface area contributed by atoms with E-state index in [1.807, 2.05) is 0 Å². The lowest BCUT2D eigenvalue weighted by molar-refractivity contribution is -0.126. The number of hydrogen-bond acceptors (Lipinski definition) is 2. The van der Waals surface area contributed by atoms with Gasteiger partial charge in [-0.15, -0.1) is 0 Å². The van der Waals surface area contributed by atoms with Crippen LogP contribution < -0.4 is 5.32 Å². The van der Waals surface area contributed by atoms with E-state index in [0.29, 0.717) is 37.4 Å². The normalized spacial score (nSPS) is 19.0. The van der Waals surface area contributed by atoms with Crippen LogP contribution in [0.5, 0.6) is 0 Å². The summed E-state index contributed by atoms with van der Waals surface area (Å²) in [4.78, 5) is 26.1. The summed E-state index contributed by atoms with van der Waals surface area (Å²) >= 11 is 0. The van der Waals surface area contributed by atoms with Crippen LogP contribution in [0.1, 0.15) is 36.0 Å². The van der Waals surface area contributed by atoms with E-state index in [2.05, 4.69) is 5.32 Å². The standard InChI is InChI=1S/C17H21FN2O2/c18-15-5-3-14(4-6-15)17(22)20-9-7-13(8-10-20)16(21)19-11-12-1-2-12/h3-6,12-13H,1-2,7-11H2,(H,19,21). The third kappa shape index (κ3) is 3.64. The smallest absolute Gasteiger partial charge is 0.253 e. The minimum atomic E-state index is -0.345. The number of rotatable bonds is 4. The number of carbonyl (C=O) groups excluding carboxylic acids is 2. The number of carbonyl (C=O) groups is 2. The highest BCUT2D eigenvalue weighted by atomic mass is 19.1. The van der Waals surface area contributed by atoms with Crippen LogP contribution in [0.25, 0.3) is 0 Å². The molecule has 1 aromatic rings. The predicted molar refractivity (Wildman–Crippen MR) is 80.8 cm³/mol. The Balaban J connectivity index is 1.49. The molecular weight excluding hydrogens is 283 g/mol. The number of nitrogens with zero attached hydrogens (tertiary/aromatic N) is 1. The van der Waals surface area contributed by atoms with Crippen molar-refractivity contribution in [3.63, 3.8) is 0 Å². The average Bonchev–Trinajstić information content (AvgIpc) is 3.37. The zero-order chi connectivity index (χ0) is 15.5. The van der Waals surface area contributed by atoms with E-state index in [0.717, 1.165) is 6.54 Å². The molecule has 2 amide bonds. The van der Waals surface area contributed by atoms with Crippen molar-refractivity contribution in [2.75, 3.05) is 19.6 Å². The Hall–Kier alpha value is -1.91. The zero-order valence-corrected chi connectivity index (χ0v) is 12.6. The quantitative estimate of drug-likeness (QED) is 0.927. The molecule has 0 unspecified atom stereocenters. The first-order chi connectivity index (χ1) is 10.6. The molecule has 118 valence electrons. The van der Waals surface area contributed by atoms with Crippen molar-refractivity contribution in [2.45, 2.75) is 25.7 Å². The monoisotopic (exact) mass is 304 g/mol. The van der Waals surface area contributed by atoms with Gasteiger partial charge in [0.05, 0.1) is 0 Å². The molecule has 3 rings (SSSR count). The van der Waals surface area contributed by atoms with E-state index >= 15 is 0 Å². The summed E-state index contributed by atoms with van der Waals surface area (Å²) in [6.45, 7) is 1.96. The summed E-state index contributed by atoms with van der Waals surface area (Å²) < 4.78 is 12.9. The fourth-order valence-electron chi connectivity index (χ4n) is 2.83. The number of nitrogens with one attached hydrogen (secondary N) is 1. The van der Waals surface area contributed by atoms with E-state index in [9.17, 15) is 14.0 Å². The summed E-state index contributed by atoms with van der Waals surface area (Å²) in [6, 6.07) is 5.61. The fraction of sp³-hybridized carbons (Fsp3) is 0.529. The van der Waals surface area contributed by atoms with Crippen LogP contribution in [0, 0.1) is 17.7 Å². The second-order valence-corrected chi connectivity index (χ2v) is 6.26. The van der Waals surface area contributed by atoms with Gasteiger partial charge in [-0.3, -0.25) is 9.59 Å². The maximum Gasteiger partial charge on any atom is 0.253 e. The van der Waals surface area contributed by atoms with E-state index in [1.165, 1.54) is 37.1 Å². The molecule has 22 heavy (non-hydrogen) atoms. The fourth-order valence-corrected chi connectivity index (χ4v) is 2.83. The molecule has 2 aliphatic rings. The van der Waals surface area contributed by atoms with Crippen LogP contribution in [0.4, 0.5) is 4.39 Å². The van der Waals surface area contributed by atoms with E-state index in [4.69, 9.17) is 0 Å². The minimum absolute atomic E-state index is 0.0102. The Bertz CT molecular complexity index is 546. The largest absolute Gasteiger partial charge is 0.356 e. The van der Waals surface area contributed by atoms with Gasteiger partial charge in [0, 0.05) is 31.1 Å². The SMILES string of the molecule is O=C(NCC1CC1)C1CCN(C(=O)c2ccc(F)cc2)CC1. The highest BCUT2D eigenvalue weighted by Gasteiger charge is 2.29. The molecule has 1 aliphatic carbocycles. The Morgan fingerprint density at radius 2 is 1.73 bits per heavy atom. The molecule has 2 fully saturated rings. The van der Waals surface area contributed by atoms with Gasteiger partial charge in [-0.1, -0.05) is 0 Å². The second kappa shape index (κ2) is 6.46. The lowest BCUT2D eigenvalue weighted by Gasteiger charge is -2.31. The van der Waals surface area contributed by atoms with Gasteiger partial charge in [0.2, 0.25) is 5.91 Å². The highest BCUT2D eigenvalue weighted by molar-refractivity contribution is 5.94. The van der Waals surface area contributed by atoms with Crippen molar-refractivity contribution in [3.05, 3.63) is 35.6 Å². The molecule has 1 heterocycles. The molecule has 1 saturated carbocycles. The molecule has 0 spiro atoms. The molecule has 4 nitrogen and oxygen atoms in total. The number of amides is 2. The van der Waals surface area contributed by atoms with Gasteiger partial charge in [0.1, 0.15) is 5.82 Å². The average molecular weight is 304 g/mol. The first kappa shape index (κ1) is 15.0.